The Morgan fingerprint density at radius 2 is 1.94 bits per heavy atom. The van der Waals surface area contributed by atoms with Crippen molar-refractivity contribution in [2.45, 2.75) is 0 Å². The van der Waals surface area contributed by atoms with Crippen molar-refractivity contribution in [1.29, 1.82) is 0 Å². The number of phenols is 1. The lowest BCUT2D eigenvalue weighted by molar-refractivity contribution is 0.475. The van der Waals surface area contributed by atoms with Gasteiger partial charge >= 0.3 is 0 Å². The van der Waals surface area contributed by atoms with Crippen molar-refractivity contribution in [3.05, 3.63) is 46.7 Å². The zero-order valence-corrected chi connectivity index (χ0v) is 10.4. The number of halogens is 1. The van der Waals surface area contributed by atoms with Crippen LogP contribution in [0.3, 0.4) is 0 Å². The number of pyridine rings is 1. The average molecular weight is 292 g/mol. The largest absolute Gasteiger partial charge is 0.508 e. The molecule has 0 spiro atoms. The van der Waals surface area contributed by atoms with Crippen molar-refractivity contribution in [3.63, 3.8) is 0 Å². The van der Waals surface area contributed by atoms with Gasteiger partial charge in [-0.15, -0.1) is 0 Å². The van der Waals surface area contributed by atoms with E-state index in [1.54, 1.807) is 42.9 Å². The molecule has 0 aliphatic carbocycles. The van der Waals surface area contributed by atoms with E-state index < -0.39 is 0 Å². The van der Waals surface area contributed by atoms with Crippen molar-refractivity contribution in [2.24, 2.45) is 4.99 Å². The molecular weight excluding hydrogens is 282 g/mol. The molecule has 0 atom stereocenters. The van der Waals surface area contributed by atoms with Gasteiger partial charge in [0.25, 0.3) is 0 Å². The van der Waals surface area contributed by atoms with Crippen molar-refractivity contribution < 1.29 is 5.11 Å². The average Bonchev–Trinajstić information content (AvgIpc) is 2.33. The van der Waals surface area contributed by atoms with E-state index in [-0.39, 0.29) is 5.75 Å². The summed E-state index contributed by atoms with van der Waals surface area (Å²) in [6.07, 6.45) is 4.88. The Labute approximate surface area is 107 Å². The Morgan fingerprint density at radius 3 is 2.65 bits per heavy atom. The summed E-state index contributed by atoms with van der Waals surface area (Å²) in [6.45, 7) is 0. The van der Waals surface area contributed by atoms with Gasteiger partial charge in [-0.2, -0.15) is 0 Å². The first kappa shape index (κ1) is 11.6. The van der Waals surface area contributed by atoms with Crippen LogP contribution in [0, 0.1) is 0 Å². The van der Waals surface area contributed by atoms with Crippen molar-refractivity contribution in [3.8, 4) is 5.75 Å². The highest BCUT2D eigenvalue weighted by Gasteiger charge is 2.00. The van der Waals surface area contributed by atoms with Gasteiger partial charge in [-0.25, -0.2) is 0 Å². The Balaban J connectivity index is 2.26. The van der Waals surface area contributed by atoms with E-state index in [2.05, 4.69) is 25.9 Å². The molecule has 0 aliphatic rings. The number of hydrogen-bond acceptors (Lipinski definition) is 4. The van der Waals surface area contributed by atoms with Gasteiger partial charge in [0.15, 0.2) is 0 Å². The molecule has 1 aromatic heterocycles. The molecule has 0 radical (unpaired) electrons. The van der Waals surface area contributed by atoms with Crippen molar-refractivity contribution >= 4 is 33.5 Å². The third kappa shape index (κ3) is 2.82. The lowest BCUT2D eigenvalue weighted by Crippen LogP contribution is -1.89. The van der Waals surface area contributed by atoms with Crippen LogP contribution in [0.4, 0.5) is 11.4 Å². The van der Waals surface area contributed by atoms with Gasteiger partial charge in [-0.05, 0) is 45.8 Å². The molecule has 0 amide bonds. The van der Waals surface area contributed by atoms with Crippen LogP contribution in [0.15, 0.2) is 46.1 Å². The standard InChI is InChI=1S/C12H10BrN3O/c13-10-6-15-7-11(12(10)14)16-5-8-1-3-9(17)4-2-8/h1-7,17H,(H2,14,15). The molecule has 2 rings (SSSR count). The third-order valence-corrected chi connectivity index (χ3v) is 2.80. The van der Waals surface area contributed by atoms with Gasteiger partial charge in [0.2, 0.25) is 0 Å². The first-order chi connectivity index (χ1) is 8.16. The van der Waals surface area contributed by atoms with Crippen LogP contribution in [-0.4, -0.2) is 16.3 Å². The summed E-state index contributed by atoms with van der Waals surface area (Å²) < 4.78 is 0.720. The monoisotopic (exact) mass is 291 g/mol. The molecule has 0 aliphatic heterocycles. The number of nitrogens with zero attached hydrogens (tertiary/aromatic N) is 2. The van der Waals surface area contributed by atoms with E-state index in [9.17, 15) is 0 Å². The number of phenolic OH excluding ortho intramolecular Hbond substituents is 1. The second-order valence-corrected chi connectivity index (χ2v) is 4.26. The van der Waals surface area contributed by atoms with Crippen LogP contribution >= 0.6 is 15.9 Å². The highest BCUT2D eigenvalue weighted by Crippen LogP contribution is 2.28. The lowest BCUT2D eigenvalue weighted by atomic mass is 10.2. The number of aromatic hydroxyl groups is 1. The van der Waals surface area contributed by atoms with Gasteiger partial charge in [0.1, 0.15) is 11.4 Å². The molecule has 0 unspecified atom stereocenters. The minimum Gasteiger partial charge on any atom is -0.508 e. The number of hydrogen-bond donors (Lipinski definition) is 2. The Morgan fingerprint density at radius 1 is 1.24 bits per heavy atom. The zero-order valence-electron chi connectivity index (χ0n) is 8.84. The third-order valence-electron chi connectivity index (χ3n) is 2.16. The lowest BCUT2D eigenvalue weighted by Gasteiger charge is -2.00. The zero-order chi connectivity index (χ0) is 12.3. The topological polar surface area (TPSA) is 71.5 Å². The summed E-state index contributed by atoms with van der Waals surface area (Å²) in [4.78, 5) is 8.23. The summed E-state index contributed by atoms with van der Waals surface area (Å²) in [5.74, 6) is 0.228. The summed E-state index contributed by atoms with van der Waals surface area (Å²) in [5, 5.41) is 9.14. The quantitative estimate of drug-likeness (QED) is 0.836. The van der Waals surface area contributed by atoms with Crippen LogP contribution in [0.25, 0.3) is 0 Å². The van der Waals surface area contributed by atoms with Crippen LogP contribution in [0.1, 0.15) is 5.56 Å². The van der Waals surface area contributed by atoms with E-state index in [1.807, 2.05) is 0 Å². The number of benzene rings is 1. The number of nitrogen functional groups attached to an aromatic ring is 1. The molecule has 0 saturated heterocycles. The van der Waals surface area contributed by atoms with Gasteiger partial charge < -0.3 is 10.8 Å². The summed E-state index contributed by atoms with van der Waals surface area (Å²) in [7, 11) is 0. The normalized spacial score (nSPS) is 10.9. The number of nitrogens with two attached hydrogens (primary N) is 1. The minimum absolute atomic E-state index is 0.228. The Bertz CT molecular complexity index is 552. The number of anilines is 1. The van der Waals surface area contributed by atoms with Gasteiger partial charge in [0, 0.05) is 12.4 Å². The van der Waals surface area contributed by atoms with Gasteiger partial charge in [-0.1, -0.05) is 0 Å². The SMILES string of the molecule is Nc1c(Br)cncc1N=Cc1ccc(O)cc1. The summed E-state index contributed by atoms with van der Waals surface area (Å²) >= 11 is 3.29. The molecule has 17 heavy (non-hydrogen) atoms. The van der Waals surface area contributed by atoms with E-state index in [4.69, 9.17) is 10.8 Å². The van der Waals surface area contributed by atoms with Crippen molar-refractivity contribution in [2.75, 3.05) is 5.73 Å². The Hall–Kier alpha value is -1.88. The van der Waals surface area contributed by atoms with E-state index in [0.717, 1.165) is 10.0 Å². The van der Waals surface area contributed by atoms with E-state index in [0.29, 0.717) is 11.4 Å². The van der Waals surface area contributed by atoms with E-state index in [1.165, 1.54) is 0 Å². The molecular formula is C12H10BrN3O. The molecule has 5 heteroatoms. The van der Waals surface area contributed by atoms with Gasteiger partial charge in [-0.3, -0.25) is 9.98 Å². The molecule has 1 aromatic carbocycles. The molecule has 1 heterocycles. The fourth-order valence-electron chi connectivity index (χ4n) is 1.24. The minimum atomic E-state index is 0.228. The van der Waals surface area contributed by atoms with Crippen molar-refractivity contribution in [1.82, 2.24) is 4.98 Å². The first-order valence-corrected chi connectivity index (χ1v) is 5.68. The van der Waals surface area contributed by atoms with Crippen LogP contribution in [0.2, 0.25) is 0 Å². The molecule has 3 N–H and O–H groups in total. The molecule has 0 bridgehead atoms. The Kier molecular flexibility index (Phi) is 3.39. The smallest absolute Gasteiger partial charge is 0.115 e. The van der Waals surface area contributed by atoms with Crippen LogP contribution in [-0.2, 0) is 0 Å². The first-order valence-electron chi connectivity index (χ1n) is 4.89. The predicted octanol–water partition coefficient (Wildman–Crippen LogP) is 2.88. The highest BCUT2D eigenvalue weighted by atomic mass is 79.9. The molecule has 4 nitrogen and oxygen atoms in total. The predicted molar refractivity (Wildman–Crippen MR) is 71.7 cm³/mol. The number of aromatic nitrogens is 1. The highest BCUT2D eigenvalue weighted by molar-refractivity contribution is 9.10. The van der Waals surface area contributed by atoms with Gasteiger partial charge in [0.05, 0.1) is 16.4 Å². The maximum absolute atomic E-state index is 9.14. The summed E-state index contributed by atoms with van der Waals surface area (Å²) in [6, 6.07) is 6.73. The fraction of sp³-hybridized carbons (Fsp3) is 0. The fourth-order valence-corrected chi connectivity index (χ4v) is 1.56. The maximum atomic E-state index is 9.14. The molecule has 0 fully saturated rings. The summed E-state index contributed by atoms with van der Waals surface area (Å²) in [5.41, 5.74) is 7.86. The van der Waals surface area contributed by atoms with Crippen LogP contribution in [0.5, 0.6) is 5.75 Å². The van der Waals surface area contributed by atoms with Crippen LogP contribution < -0.4 is 5.73 Å². The number of aliphatic imine (C=N–C) groups is 1. The van der Waals surface area contributed by atoms with E-state index >= 15 is 0 Å². The maximum Gasteiger partial charge on any atom is 0.115 e. The second kappa shape index (κ2) is 4.97. The molecule has 0 saturated carbocycles. The number of rotatable bonds is 2. The molecule has 2 aromatic rings. The molecule has 86 valence electrons. The second-order valence-electron chi connectivity index (χ2n) is 3.40.